The van der Waals surface area contributed by atoms with Crippen LogP contribution >= 0.6 is 0 Å². The van der Waals surface area contributed by atoms with Crippen LogP contribution in [0.3, 0.4) is 0 Å². The Kier molecular flexibility index (Phi) is 2.45. The molecule has 1 heterocycles. The predicted molar refractivity (Wildman–Crippen MR) is 69.2 cm³/mol. The van der Waals surface area contributed by atoms with Crippen molar-refractivity contribution in [1.82, 2.24) is 20.3 Å². The quantitative estimate of drug-likeness (QED) is 0.682. The molecule has 0 aliphatic carbocycles. The zero-order valence-corrected chi connectivity index (χ0v) is 9.43. The molecule has 0 saturated heterocycles. The van der Waals surface area contributed by atoms with Gasteiger partial charge in [0.15, 0.2) is 0 Å². The molecule has 0 radical (unpaired) electrons. The number of hydrogen-bond acceptors (Lipinski definition) is 5. The predicted octanol–water partition coefficient (Wildman–Crippen LogP) is 1.29. The molecule has 0 aliphatic rings. The molecule has 1 aromatic heterocycles. The van der Waals surface area contributed by atoms with Crippen molar-refractivity contribution in [3.05, 3.63) is 48.0 Å². The third-order valence-electron chi connectivity index (χ3n) is 2.61. The molecule has 3 aromatic rings. The highest BCUT2D eigenvalue weighted by atomic mass is 15.7. The van der Waals surface area contributed by atoms with E-state index in [2.05, 4.69) is 32.8 Å². The average molecular weight is 238 g/mol. The van der Waals surface area contributed by atoms with Gasteiger partial charge in [0.25, 0.3) is 5.95 Å². The number of aromatic nitrogens is 4. The molecule has 0 saturated carbocycles. The van der Waals surface area contributed by atoms with Gasteiger partial charge >= 0.3 is 0 Å². The molecule has 2 N–H and O–H groups in total. The van der Waals surface area contributed by atoms with Crippen LogP contribution in [-0.4, -0.2) is 26.5 Å². The lowest BCUT2D eigenvalue weighted by atomic mass is 10.1. The summed E-state index contributed by atoms with van der Waals surface area (Å²) in [7, 11) is 0. The topological polar surface area (TPSA) is 82.0 Å². The van der Waals surface area contributed by atoms with Crippen LogP contribution in [0.1, 0.15) is 5.56 Å². The van der Waals surface area contributed by atoms with Crippen molar-refractivity contribution in [3.8, 4) is 0 Å². The van der Waals surface area contributed by atoms with Gasteiger partial charge in [-0.1, -0.05) is 52.4 Å². The minimum absolute atomic E-state index is 0.159. The lowest BCUT2D eigenvalue weighted by Gasteiger charge is -2.00. The van der Waals surface area contributed by atoms with Crippen molar-refractivity contribution in [1.29, 1.82) is 0 Å². The van der Waals surface area contributed by atoms with E-state index in [0.717, 1.165) is 16.3 Å². The molecule has 0 aliphatic heterocycles. The van der Waals surface area contributed by atoms with Gasteiger partial charge in [-0.3, -0.25) is 0 Å². The largest absolute Gasteiger partial charge is 0.365 e. The fourth-order valence-electron chi connectivity index (χ4n) is 1.75. The third kappa shape index (κ3) is 1.80. The molecule has 0 unspecified atom stereocenters. The summed E-state index contributed by atoms with van der Waals surface area (Å²) in [5.74, 6) is 0.159. The van der Waals surface area contributed by atoms with Crippen LogP contribution in [-0.2, 0) is 0 Å². The first-order valence-corrected chi connectivity index (χ1v) is 5.40. The van der Waals surface area contributed by atoms with Crippen molar-refractivity contribution < 1.29 is 0 Å². The van der Waals surface area contributed by atoms with Gasteiger partial charge < -0.3 is 5.73 Å². The molecule has 0 atom stereocenters. The molecular formula is C12H10N6. The summed E-state index contributed by atoms with van der Waals surface area (Å²) in [5.41, 5.74) is 6.52. The Morgan fingerprint density at radius 3 is 2.78 bits per heavy atom. The van der Waals surface area contributed by atoms with E-state index in [9.17, 15) is 0 Å². The molecule has 18 heavy (non-hydrogen) atoms. The molecule has 88 valence electrons. The molecule has 0 bridgehead atoms. The number of benzene rings is 2. The van der Waals surface area contributed by atoms with Crippen molar-refractivity contribution in [2.45, 2.75) is 0 Å². The van der Waals surface area contributed by atoms with Crippen molar-refractivity contribution >= 4 is 22.9 Å². The second kappa shape index (κ2) is 4.25. The SMILES string of the molecule is Nc1nnnn1/N=C\c1cccc2ccccc12. The van der Waals surface area contributed by atoms with Gasteiger partial charge in [0.1, 0.15) is 0 Å². The first kappa shape index (κ1) is 10.4. The number of fused-ring (bicyclic) bond motifs is 1. The summed E-state index contributed by atoms with van der Waals surface area (Å²) >= 11 is 0. The highest BCUT2D eigenvalue weighted by molar-refractivity contribution is 5.99. The van der Waals surface area contributed by atoms with Crippen LogP contribution in [0.5, 0.6) is 0 Å². The zero-order chi connectivity index (χ0) is 12.4. The van der Waals surface area contributed by atoms with Gasteiger partial charge in [0.2, 0.25) is 0 Å². The van der Waals surface area contributed by atoms with Gasteiger partial charge in [-0.25, -0.2) is 0 Å². The Labute approximate surface area is 103 Å². The first-order valence-electron chi connectivity index (χ1n) is 5.40. The molecule has 2 aromatic carbocycles. The van der Waals surface area contributed by atoms with E-state index in [1.165, 1.54) is 4.79 Å². The monoisotopic (exact) mass is 238 g/mol. The normalized spacial score (nSPS) is 11.3. The van der Waals surface area contributed by atoms with Crippen LogP contribution in [0, 0.1) is 0 Å². The van der Waals surface area contributed by atoms with Crippen molar-refractivity contribution in [3.63, 3.8) is 0 Å². The van der Waals surface area contributed by atoms with E-state index in [-0.39, 0.29) is 5.95 Å². The van der Waals surface area contributed by atoms with E-state index >= 15 is 0 Å². The van der Waals surface area contributed by atoms with Crippen LogP contribution in [0.25, 0.3) is 10.8 Å². The molecule has 0 fully saturated rings. The minimum atomic E-state index is 0.159. The molecule has 6 heteroatoms. The van der Waals surface area contributed by atoms with Gasteiger partial charge in [0.05, 0.1) is 6.21 Å². The fraction of sp³-hybridized carbons (Fsp3) is 0. The molecule has 0 amide bonds. The first-order chi connectivity index (χ1) is 8.84. The third-order valence-corrected chi connectivity index (χ3v) is 2.61. The van der Waals surface area contributed by atoms with Crippen LogP contribution in [0.4, 0.5) is 5.95 Å². The number of anilines is 1. The van der Waals surface area contributed by atoms with Crippen LogP contribution in [0.2, 0.25) is 0 Å². The number of hydrogen-bond donors (Lipinski definition) is 1. The molecule has 0 spiro atoms. The minimum Gasteiger partial charge on any atom is -0.365 e. The van der Waals surface area contributed by atoms with Gasteiger partial charge in [-0.15, -0.1) is 0 Å². The fourth-order valence-corrected chi connectivity index (χ4v) is 1.75. The Hall–Kier alpha value is -2.76. The second-order valence-corrected chi connectivity index (χ2v) is 3.74. The number of nitrogens with two attached hydrogens (primary N) is 1. The average Bonchev–Trinajstić information content (AvgIpc) is 2.82. The summed E-state index contributed by atoms with van der Waals surface area (Å²) < 4.78 is 0. The summed E-state index contributed by atoms with van der Waals surface area (Å²) in [5, 5.41) is 17.0. The van der Waals surface area contributed by atoms with E-state index in [0.29, 0.717) is 0 Å². The highest BCUT2D eigenvalue weighted by Gasteiger charge is 1.99. The molecule has 3 rings (SSSR count). The van der Waals surface area contributed by atoms with Gasteiger partial charge in [0, 0.05) is 5.56 Å². The summed E-state index contributed by atoms with van der Waals surface area (Å²) in [6, 6.07) is 14.1. The van der Waals surface area contributed by atoms with E-state index in [1.54, 1.807) is 6.21 Å². The second-order valence-electron chi connectivity index (χ2n) is 3.74. The van der Waals surface area contributed by atoms with Crippen LogP contribution in [0.15, 0.2) is 47.6 Å². The number of tetrazole rings is 1. The van der Waals surface area contributed by atoms with E-state index in [4.69, 9.17) is 5.73 Å². The van der Waals surface area contributed by atoms with Crippen LogP contribution < -0.4 is 5.73 Å². The smallest absolute Gasteiger partial charge is 0.263 e. The summed E-state index contributed by atoms with van der Waals surface area (Å²) in [6.45, 7) is 0. The molecular weight excluding hydrogens is 228 g/mol. The Balaban J connectivity index is 2.05. The number of nitrogen functional groups attached to an aromatic ring is 1. The van der Waals surface area contributed by atoms with Gasteiger partial charge in [-0.05, 0) is 21.2 Å². The lowest BCUT2D eigenvalue weighted by Crippen LogP contribution is -1.99. The van der Waals surface area contributed by atoms with E-state index in [1.807, 2.05) is 30.3 Å². The van der Waals surface area contributed by atoms with Gasteiger partial charge in [-0.2, -0.15) is 5.10 Å². The maximum absolute atomic E-state index is 5.53. The Morgan fingerprint density at radius 1 is 1.11 bits per heavy atom. The maximum Gasteiger partial charge on any atom is 0.263 e. The standard InChI is InChI=1S/C12H10N6/c13-12-15-16-17-18(12)14-8-10-6-3-5-9-4-1-2-7-11(9)10/h1-8H,(H2,13,15,17)/b14-8-. The number of nitrogens with zero attached hydrogens (tertiary/aromatic N) is 5. The summed E-state index contributed by atoms with van der Waals surface area (Å²) in [6.07, 6.45) is 1.69. The van der Waals surface area contributed by atoms with E-state index < -0.39 is 0 Å². The Bertz CT molecular complexity index is 710. The molecule has 6 nitrogen and oxygen atoms in total. The highest BCUT2D eigenvalue weighted by Crippen LogP contribution is 2.16. The van der Waals surface area contributed by atoms with Crippen molar-refractivity contribution in [2.24, 2.45) is 5.10 Å². The lowest BCUT2D eigenvalue weighted by molar-refractivity contribution is 0.700. The van der Waals surface area contributed by atoms with Crippen molar-refractivity contribution in [2.75, 3.05) is 5.73 Å². The summed E-state index contributed by atoms with van der Waals surface area (Å²) in [4.78, 5) is 1.18. The number of rotatable bonds is 2. The Morgan fingerprint density at radius 2 is 1.94 bits per heavy atom. The maximum atomic E-state index is 5.53. The zero-order valence-electron chi connectivity index (χ0n) is 9.43.